The van der Waals surface area contributed by atoms with E-state index >= 15 is 0 Å². The van der Waals surface area contributed by atoms with Gasteiger partial charge in [-0.2, -0.15) is 0 Å². The molecule has 0 aliphatic rings. The van der Waals surface area contributed by atoms with E-state index in [1.54, 1.807) is 6.07 Å². The summed E-state index contributed by atoms with van der Waals surface area (Å²) in [5.74, 6) is 0. The number of hydrogen-bond donors (Lipinski definition) is 2. The smallest absolute Gasteiger partial charge is 0.252 e. The topological polar surface area (TPSA) is 58.9 Å². The molecule has 1 heterocycles. The Balaban J connectivity index is 2.54. The van der Waals surface area contributed by atoms with Crippen molar-refractivity contribution in [3.63, 3.8) is 0 Å². The summed E-state index contributed by atoms with van der Waals surface area (Å²) in [6.07, 6.45) is 0. The molecule has 0 saturated carbocycles. The second-order valence-corrected chi connectivity index (χ2v) is 4.26. The standard InChI is InChI=1S/C12H11BrN2O/c13-10-4-2-1-3-9(10)11-6-5-8(7-14)12(16)15-11/h1-6H,7,14H2,(H,15,16). The molecule has 0 bridgehead atoms. The quantitative estimate of drug-likeness (QED) is 0.885. The van der Waals surface area contributed by atoms with E-state index < -0.39 is 0 Å². The van der Waals surface area contributed by atoms with Gasteiger partial charge >= 0.3 is 0 Å². The van der Waals surface area contributed by atoms with Gasteiger partial charge in [-0.05, 0) is 12.1 Å². The third-order valence-electron chi connectivity index (χ3n) is 2.37. The predicted molar refractivity (Wildman–Crippen MR) is 68.1 cm³/mol. The Bertz CT molecular complexity index is 563. The van der Waals surface area contributed by atoms with Gasteiger partial charge in [0.15, 0.2) is 0 Å². The van der Waals surface area contributed by atoms with Crippen LogP contribution in [0.4, 0.5) is 0 Å². The second kappa shape index (κ2) is 4.63. The van der Waals surface area contributed by atoms with Crippen molar-refractivity contribution in [2.75, 3.05) is 0 Å². The minimum absolute atomic E-state index is 0.129. The molecule has 0 saturated heterocycles. The van der Waals surface area contributed by atoms with Crippen LogP contribution in [0.25, 0.3) is 11.3 Å². The van der Waals surface area contributed by atoms with Crippen LogP contribution in [0, 0.1) is 0 Å². The fourth-order valence-electron chi connectivity index (χ4n) is 1.50. The van der Waals surface area contributed by atoms with Crippen molar-refractivity contribution in [3.05, 3.63) is 56.8 Å². The van der Waals surface area contributed by atoms with E-state index in [0.717, 1.165) is 15.7 Å². The van der Waals surface area contributed by atoms with Crippen LogP contribution in [0.2, 0.25) is 0 Å². The first-order valence-electron chi connectivity index (χ1n) is 4.89. The molecular formula is C12H11BrN2O. The molecule has 3 N–H and O–H groups in total. The number of aromatic nitrogens is 1. The van der Waals surface area contributed by atoms with Gasteiger partial charge in [0.25, 0.3) is 5.56 Å². The highest BCUT2D eigenvalue weighted by Gasteiger charge is 2.04. The summed E-state index contributed by atoms with van der Waals surface area (Å²) in [4.78, 5) is 14.4. The summed E-state index contributed by atoms with van der Waals surface area (Å²) in [5.41, 5.74) is 7.65. The second-order valence-electron chi connectivity index (χ2n) is 3.41. The molecule has 0 radical (unpaired) electrons. The molecule has 0 spiro atoms. The molecule has 4 heteroatoms. The third-order valence-corrected chi connectivity index (χ3v) is 3.07. The molecule has 1 aromatic heterocycles. The van der Waals surface area contributed by atoms with E-state index in [4.69, 9.17) is 5.73 Å². The monoisotopic (exact) mass is 278 g/mol. The summed E-state index contributed by atoms with van der Waals surface area (Å²) in [6.45, 7) is 0.256. The first kappa shape index (κ1) is 11.1. The highest BCUT2D eigenvalue weighted by Crippen LogP contribution is 2.25. The Hall–Kier alpha value is -1.39. The summed E-state index contributed by atoms with van der Waals surface area (Å²) in [6, 6.07) is 11.4. The van der Waals surface area contributed by atoms with Gasteiger partial charge in [-0.25, -0.2) is 0 Å². The maximum atomic E-state index is 11.6. The van der Waals surface area contributed by atoms with Crippen LogP contribution in [0.3, 0.4) is 0 Å². The van der Waals surface area contributed by atoms with Gasteiger partial charge in [-0.1, -0.05) is 40.2 Å². The summed E-state index contributed by atoms with van der Waals surface area (Å²) < 4.78 is 0.950. The average Bonchev–Trinajstić information content (AvgIpc) is 2.29. The van der Waals surface area contributed by atoms with Gasteiger partial charge in [0.1, 0.15) is 0 Å². The van der Waals surface area contributed by atoms with Crippen molar-refractivity contribution in [1.82, 2.24) is 4.98 Å². The van der Waals surface area contributed by atoms with Gasteiger partial charge in [-0.3, -0.25) is 4.79 Å². The zero-order valence-electron chi connectivity index (χ0n) is 8.53. The van der Waals surface area contributed by atoms with E-state index in [1.807, 2.05) is 30.3 Å². The molecule has 16 heavy (non-hydrogen) atoms. The van der Waals surface area contributed by atoms with Crippen LogP contribution in [-0.2, 0) is 6.54 Å². The molecule has 1 aromatic carbocycles. The van der Waals surface area contributed by atoms with Gasteiger partial charge in [0.2, 0.25) is 0 Å². The highest BCUT2D eigenvalue weighted by atomic mass is 79.9. The third kappa shape index (κ3) is 2.08. The fourth-order valence-corrected chi connectivity index (χ4v) is 2.00. The highest BCUT2D eigenvalue weighted by molar-refractivity contribution is 9.10. The number of rotatable bonds is 2. The van der Waals surface area contributed by atoms with Crippen LogP contribution >= 0.6 is 15.9 Å². The number of aromatic amines is 1. The van der Waals surface area contributed by atoms with Crippen molar-refractivity contribution in [2.24, 2.45) is 5.73 Å². The molecule has 0 atom stereocenters. The number of nitrogens with one attached hydrogen (secondary N) is 1. The average molecular weight is 279 g/mol. The minimum Gasteiger partial charge on any atom is -0.326 e. The lowest BCUT2D eigenvalue weighted by Gasteiger charge is -2.05. The largest absolute Gasteiger partial charge is 0.326 e. The Labute approximate surface area is 101 Å². The molecule has 82 valence electrons. The summed E-state index contributed by atoms with van der Waals surface area (Å²) in [5, 5.41) is 0. The Morgan fingerprint density at radius 1 is 1.19 bits per heavy atom. The lowest BCUT2D eigenvalue weighted by molar-refractivity contribution is 1.02. The van der Waals surface area contributed by atoms with Gasteiger partial charge < -0.3 is 10.7 Å². The zero-order valence-corrected chi connectivity index (χ0v) is 10.1. The van der Waals surface area contributed by atoms with Crippen molar-refractivity contribution in [1.29, 1.82) is 0 Å². The van der Waals surface area contributed by atoms with E-state index in [1.165, 1.54) is 0 Å². The first-order chi connectivity index (χ1) is 7.72. The molecule has 0 unspecified atom stereocenters. The van der Waals surface area contributed by atoms with Gasteiger partial charge in [0, 0.05) is 27.8 Å². The number of H-pyrrole nitrogens is 1. The number of pyridine rings is 1. The van der Waals surface area contributed by atoms with Crippen molar-refractivity contribution in [3.8, 4) is 11.3 Å². The Kier molecular flexibility index (Phi) is 3.22. The molecule has 3 nitrogen and oxygen atoms in total. The van der Waals surface area contributed by atoms with Gasteiger partial charge in [0.05, 0.1) is 0 Å². The van der Waals surface area contributed by atoms with E-state index in [2.05, 4.69) is 20.9 Å². The van der Waals surface area contributed by atoms with Crippen LogP contribution in [0.5, 0.6) is 0 Å². The van der Waals surface area contributed by atoms with E-state index in [-0.39, 0.29) is 12.1 Å². The minimum atomic E-state index is -0.129. The maximum Gasteiger partial charge on any atom is 0.252 e. The van der Waals surface area contributed by atoms with Crippen LogP contribution in [-0.4, -0.2) is 4.98 Å². The molecular weight excluding hydrogens is 268 g/mol. The van der Waals surface area contributed by atoms with E-state index in [0.29, 0.717) is 5.56 Å². The molecule has 2 rings (SSSR count). The fraction of sp³-hybridized carbons (Fsp3) is 0.0833. The zero-order chi connectivity index (χ0) is 11.5. The van der Waals surface area contributed by atoms with Crippen LogP contribution in [0.15, 0.2) is 45.7 Å². The molecule has 0 aliphatic heterocycles. The SMILES string of the molecule is NCc1ccc(-c2ccccc2Br)[nH]c1=O. The lowest BCUT2D eigenvalue weighted by atomic mass is 10.1. The van der Waals surface area contributed by atoms with Crippen LogP contribution < -0.4 is 11.3 Å². The van der Waals surface area contributed by atoms with Gasteiger partial charge in [-0.15, -0.1) is 0 Å². The Morgan fingerprint density at radius 2 is 1.94 bits per heavy atom. The van der Waals surface area contributed by atoms with Crippen molar-refractivity contribution in [2.45, 2.75) is 6.54 Å². The normalized spacial score (nSPS) is 10.4. The number of benzene rings is 1. The molecule has 2 aromatic rings. The Morgan fingerprint density at radius 3 is 2.56 bits per heavy atom. The van der Waals surface area contributed by atoms with Crippen molar-refractivity contribution >= 4 is 15.9 Å². The number of halogens is 1. The summed E-state index contributed by atoms with van der Waals surface area (Å²) >= 11 is 3.45. The maximum absolute atomic E-state index is 11.6. The molecule has 0 fully saturated rings. The van der Waals surface area contributed by atoms with Crippen molar-refractivity contribution < 1.29 is 0 Å². The summed E-state index contributed by atoms with van der Waals surface area (Å²) in [7, 11) is 0. The predicted octanol–water partition coefficient (Wildman–Crippen LogP) is 2.26. The lowest BCUT2D eigenvalue weighted by Crippen LogP contribution is -2.15. The van der Waals surface area contributed by atoms with Crippen LogP contribution in [0.1, 0.15) is 5.56 Å². The molecule has 0 aliphatic carbocycles. The first-order valence-corrected chi connectivity index (χ1v) is 5.69. The number of nitrogens with two attached hydrogens (primary N) is 1. The molecule has 0 amide bonds. The number of hydrogen-bond acceptors (Lipinski definition) is 2. The van der Waals surface area contributed by atoms with E-state index in [9.17, 15) is 4.79 Å².